The highest BCUT2D eigenvalue weighted by atomic mass is 79.9. The van der Waals surface area contributed by atoms with Crippen molar-refractivity contribution in [2.24, 2.45) is 0 Å². The third-order valence-corrected chi connectivity index (χ3v) is 3.08. The van der Waals surface area contributed by atoms with Gasteiger partial charge in [-0.05, 0) is 53.2 Å². The Morgan fingerprint density at radius 3 is 2.57 bits per heavy atom. The van der Waals surface area contributed by atoms with Gasteiger partial charge in [-0.15, -0.1) is 13.2 Å². The minimum absolute atomic E-state index is 0.162. The normalized spacial score (nSPS) is 11.3. The van der Waals surface area contributed by atoms with Gasteiger partial charge in [0.05, 0.1) is 10.2 Å². The van der Waals surface area contributed by atoms with Crippen molar-refractivity contribution >= 4 is 15.9 Å². The molecule has 0 unspecified atom stereocenters. The van der Waals surface area contributed by atoms with Crippen LogP contribution in [-0.2, 0) is 6.61 Å². The van der Waals surface area contributed by atoms with E-state index >= 15 is 0 Å². The SMILES string of the molecule is Cc1cccc(COc2ccc(OC(F)(F)F)c(Br)c2)n1. The van der Waals surface area contributed by atoms with E-state index in [0.717, 1.165) is 11.4 Å². The van der Waals surface area contributed by atoms with Crippen molar-refractivity contribution < 1.29 is 22.6 Å². The lowest BCUT2D eigenvalue weighted by molar-refractivity contribution is -0.274. The standard InChI is InChI=1S/C14H11BrF3NO2/c1-9-3-2-4-10(19-9)8-20-11-5-6-13(12(15)7-11)21-14(16,17)18/h2-7H,8H2,1H3. The number of aromatic nitrogens is 1. The van der Waals surface area contributed by atoms with E-state index < -0.39 is 6.36 Å². The Bertz CT molecular complexity index is 632. The average Bonchev–Trinajstić information content (AvgIpc) is 2.38. The second-order valence-electron chi connectivity index (χ2n) is 4.20. The van der Waals surface area contributed by atoms with Crippen LogP contribution in [0.15, 0.2) is 40.9 Å². The molecular weight excluding hydrogens is 351 g/mol. The van der Waals surface area contributed by atoms with Crippen LogP contribution in [0.5, 0.6) is 11.5 Å². The number of hydrogen-bond acceptors (Lipinski definition) is 3. The van der Waals surface area contributed by atoms with Gasteiger partial charge < -0.3 is 9.47 Å². The van der Waals surface area contributed by atoms with E-state index in [-0.39, 0.29) is 16.8 Å². The fraction of sp³-hybridized carbons (Fsp3) is 0.214. The number of halogens is 4. The van der Waals surface area contributed by atoms with Gasteiger partial charge in [-0.25, -0.2) is 0 Å². The second kappa shape index (κ2) is 6.34. The van der Waals surface area contributed by atoms with E-state index in [4.69, 9.17) is 4.74 Å². The van der Waals surface area contributed by atoms with Crippen molar-refractivity contribution in [1.29, 1.82) is 0 Å². The molecule has 0 aliphatic heterocycles. The quantitative estimate of drug-likeness (QED) is 0.795. The molecule has 0 saturated carbocycles. The van der Waals surface area contributed by atoms with E-state index in [1.165, 1.54) is 18.2 Å². The zero-order valence-electron chi connectivity index (χ0n) is 10.9. The molecular formula is C14H11BrF3NO2. The molecule has 2 rings (SSSR count). The monoisotopic (exact) mass is 361 g/mol. The molecule has 1 heterocycles. The molecule has 0 spiro atoms. The summed E-state index contributed by atoms with van der Waals surface area (Å²) in [7, 11) is 0. The summed E-state index contributed by atoms with van der Waals surface area (Å²) in [6.45, 7) is 2.09. The number of nitrogens with zero attached hydrogens (tertiary/aromatic N) is 1. The smallest absolute Gasteiger partial charge is 0.487 e. The number of pyridine rings is 1. The molecule has 7 heteroatoms. The number of aryl methyl sites for hydroxylation is 1. The van der Waals surface area contributed by atoms with Crippen LogP contribution in [0.2, 0.25) is 0 Å². The summed E-state index contributed by atoms with van der Waals surface area (Å²) >= 11 is 3.02. The van der Waals surface area contributed by atoms with Gasteiger partial charge in [0.2, 0.25) is 0 Å². The Hall–Kier alpha value is -1.76. The first-order valence-corrected chi connectivity index (χ1v) is 6.73. The molecule has 1 aromatic carbocycles. The fourth-order valence-corrected chi connectivity index (χ4v) is 2.05. The Kier molecular flexibility index (Phi) is 4.72. The van der Waals surface area contributed by atoms with Crippen LogP contribution in [0.4, 0.5) is 13.2 Å². The molecule has 0 saturated heterocycles. The fourth-order valence-electron chi connectivity index (χ4n) is 1.62. The van der Waals surface area contributed by atoms with Crippen LogP contribution in [0, 0.1) is 6.92 Å². The first kappa shape index (κ1) is 15.6. The molecule has 0 aliphatic carbocycles. The van der Waals surface area contributed by atoms with Gasteiger partial charge in [-0.2, -0.15) is 0 Å². The first-order valence-electron chi connectivity index (χ1n) is 5.94. The first-order chi connectivity index (χ1) is 9.83. The van der Waals surface area contributed by atoms with E-state index in [0.29, 0.717) is 5.75 Å². The number of ether oxygens (including phenoxy) is 2. The van der Waals surface area contributed by atoms with Crippen molar-refractivity contribution in [2.45, 2.75) is 19.9 Å². The van der Waals surface area contributed by atoms with Gasteiger partial charge in [0, 0.05) is 5.69 Å². The van der Waals surface area contributed by atoms with Gasteiger partial charge >= 0.3 is 6.36 Å². The summed E-state index contributed by atoms with van der Waals surface area (Å²) in [6.07, 6.45) is -4.73. The van der Waals surface area contributed by atoms with Gasteiger partial charge in [-0.3, -0.25) is 4.98 Å². The summed E-state index contributed by atoms with van der Waals surface area (Å²) in [4.78, 5) is 4.27. The predicted octanol–water partition coefficient (Wildman–Crippen LogP) is 4.63. The Balaban J connectivity index is 2.03. The van der Waals surface area contributed by atoms with Crippen molar-refractivity contribution in [3.8, 4) is 11.5 Å². The molecule has 0 N–H and O–H groups in total. The number of rotatable bonds is 4. The predicted molar refractivity (Wildman–Crippen MR) is 74.1 cm³/mol. The maximum absolute atomic E-state index is 12.1. The molecule has 21 heavy (non-hydrogen) atoms. The van der Waals surface area contributed by atoms with E-state index in [1.807, 2.05) is 25.1 Å². The minimum Gasteiger partial charge on any atom is -0.487 e. The average molecular weight is 362 g/mol. The van der Waals surface area contributed by atoms with Crippen LogP contribution < -0.4 is 9.47 Å². The lowest BCUT2D eigenvalue weighted by Gasteiger charge is -2.12. The third-order valence-electron chi connectivity index (χ3n) is 2.46. The summed E-state index contributed by atoms with van der Waals surface area (Å²) in [6, 6.07) is 9.54. The molecule has 112 valence electrons. The maximum atomic E-state index is 12.1. The zero-order chi connectivity index (χ0) is 15.5. The number of alkyl halides is 3. The molecule has 0 aliphatic rings. The van der Waals surface area contributed by atoms with Crippen LogP contribution in [0.1, 0.15) is 11.4 Å². The lowest BCUT2D eigenvalue weighted by Crippen LogP contribution is -2.17. The molecule has 0 bridgehead atoms. The maximum Gasteiger partial charge on any atom is 0.573 e. The van der Waals surface area contributed by atoms with Gasteiger partial charge in [0.15, 0.2) is 0 Å². The Morgan fingerprint density at radius 1 is 1.19 bits per heavy atom. The van der Waals surface area contributed by atoms with E-state index in [2.05, 4.69) is 25.7 Å². The minimum atomic E-state index is -4.73. The van der Waals surface area contributed by atoms with Gasteiger partial charge in [0.25, 0.3) is 0 Å². The summed E-state index contributed by atoms with van der Waals surface area (Å²) in [5.74, 6) is 0.100. The molecule has 2 aromatic rings. The summed E-state index contributed by atoms with van der Waals surface area (Å²) < 4.78 is 45.9. The van der Waals surface area contributed by atoms with Crippen molar-refractivity contribution in [2.75, 3.05) is 0 Å². The van der Waals surface area contributed by atoms with Crippen molar-refractivity contribution in [3.05, 3.63) is 52.3 Å². The molecule has 3 nitrogen and oxygen atoms in total. The van der Waals surface area contributed by atoms with E-state index in [1.54, 1.807) is 0 Å². The second-order valence-corrected chi connectivity index (χ2v) is 5.05. The molecule has 1 aromatic heterocycles. The van der Waals surface area contributed by atoms with Gasteiger partial charge in [0.1, 0.15) is 18.1 Å². The van der Waals surface area contributed by atoms with Crippen molar-refractivity contribution in [1.82, 2.24) is 4.98 Å². The van der Waals surface area contributed by atoms with Crippen LogP contribution in [0.25, 0.3) is 0 Å². The molecule has 0 amide bonds. The summed E-state index contributed by atoms with van der Waals surface area (Å²) in [5, 5.41) is 0. The highest BCUT2D eigenvalue weighted by Crippen LogP contribution is 2.33. The highest BCUT2D eigenvalue weighted by molar-refractivity contribution is 9.10. The Morgan fingerprint density at radius 2 is 1.95 bits per heavy atom. The topological polar surface area (TPSA) is 31.4 Å². The van der Waals surface area contributed by atoms with Crippen LogP contribution in [-0.4, -0.2) is 11.3 Å². The highest BCUT2D eigenvalue weighted by Gasteiger charge is 2.31. The Labute approximate surface area is 127 Å². The number of hydrogen-bond donors (Lipinski definition) is 0. The number of benzene rings is 1. The molecule has 0 radical (unpaired) electrons. The lowest BCUT2D eigenvalue weighted by atomic mass is 10.3. The van der Waals surface area contributed by atoms with Crippen LogP contribution >= 0.6 is 15.9 Å². The summed E-state index contributed by atoms with van der Waals surface area (Å²) in [5.41, 5.74) is 1.60. The molecule has 0 atom stereocenters. The largest absolute Gasteiger partial charge is 0.573 e. The van der Waals surface area contributed by atoms with Gasteiger partial charge in [-0.1, -0.05) is 6.07 Å². The zero-order valence-corrected chi connectivity index (χ0v) is 12.5. The molecule has 0 fully saturated rings. The third kappa shape index (κ3) is 4.93. The van der Waals surface area contributed by atoms with E-state index in [9.17, 15) is 13.2 Å². The van der Waals surface area contributed by atoms with Crippen LogP contribution in [0.3, 0.4) is 0 Å². The van der Waals surface area contributed by atoms with Crippen molar-refractivity contribution in [3.63, 3.8) is 0 Å².